The van der Waals surface area contributed by atoms with Crippen LogP contribution in [0.15, 0.2) is 12.7 Å². The summed E-state index contributed by atoms with van der Waals surface area (Å²) < 4.78 is 34.5. The van der Waals surface area contributed by atoms with Crippen LogP contribution < -0.4 is 0 Å². The molecule has 0 N–H and O–H groups in total. The van der Waals surface area contributed by atoms with E-state index in [-0.39, 0.29) is 6.42 Å². The van der Waals surface area contributed by atoms with Gasteiger partial charge in [-0.1, -0.05) is 6.08 Å². The van der Waals surface area contributed by atoms with Crippen LogP contribution in [0, 0.1) is 0 Å². The summed E-state index contributed by atoms with van der Waals surface area (Å²) in [6.07, 6.45) is 2.21. The van der Waals surface area contributed by atoms with Crippen LogP contribution in [0.4, 0.5) is 12.3 Å². The van der Waals surface area contributed by atoms with Crippen LogP contribution in [0.2, 0.25) is 6.04 Å². The fraction of sp³-hybridized carbons (Fsp3) is 0.600. The zero-order valence-corrected chi connectivity index (χ0v) is 6.04. The van der Waals surface area contributed by atoms with Crippen molar-refractivity contribution in [3.8, 4) is 0 Å². The topological polar surface area (TPSA) is 0 Å². The predicted octanol–water partition coefficient (Wildman–Crippen LogP) is 2.80. The van der Waals surface area contributed by atoms with Gasteiger partial charge in [-0.05, 0) is 12.8 Å². The summed E-state index contributed by atoms with van der Waals surface area (Å²) in [5, 5.41) is 0. The van der Waals surface area contributed by atoms with Crippen LogP contribution in [-0.2, 0) is 0 Å². The van der Waals surface area contributed by atoms with Crippen molar-refractivity contribution in [3.63, 3.8) is 0 Å². The number of unbranched alkanes of at least 4 members (excludes halogenated alkanes) is 1. The Hall–Kier alpha value is -0.253. The lowest BCUT2D eigenvalue weighted by atomic mass is 10.3. The first-order valence-electron chi connectivity index (χ1n) is 2.74. The third-order valence-corrected chi connectivity index (χ3v) is 1.79. The highest BCUT2D eigenvalue weighted by Gasteiger charge is 2.34. The molecule has 0 heterocycles. The lowest BCUT2D eigenvalue weighted by molar-refractivity contribution is 0.464. The average molecular weight is 154 g/mol. The second kappa shape index (κ2) is 3.71. The van der Waals surface area contributed by atoms with Gasteiger partial charge in [-0.3, -0.25) is 0 Å². The molecule has 0 nitrogen and oxygen atoms in total. The highest BCUT2D eigenvalue weighted by atomic mass is 28.5. The van der Waals surface area contributed by atoms with E-state index in [2.05, 4.69) is 6.58 Å². The van der Waals surface area contributed by atoms with E-state index in [4.69, 9.17) is 0 Å². The molecule has 0 fully saturated rings. The smallest absolute Gasteiger partial charge is 0.238 e. The molecule has 0 bridgehead atoms. The highest BCUT2D eigenvalue weighted by molar-refractivity contribution is 6.58. The van der Waals surface area contributed by atoms with Crippen LogP contribution >= 0.6 is 0 Å². The largest absolute Gasteiger partial charge is 0.616 e. The third-order valence-electron chi connectivity index (χ3n) is 0.868. The molecule has 0 aliphatic carbocycles. The van der Waals surface area contributed by atoms with Crippen LogP contribution in [0.5, 0.6) is 0 Å². The number of hydrogen-bond acceptors (Lipinski definition) is 0. The second-order valence-corrected chi connectivity index (χ2v) is 3.53. The molecule has 0 saturated carbocycles. The Morgan fingerprint density at radius 1 is 1.33 bits per heavy atom. The van der Waals surface area contributed by atoms with Crippen LogP contribution in [-0.4, -0.2) is 9.08 Å². The van der Waals surface area contributed by atoms with Crippen molar-refractivity contribution in [1.29, 1.82) is 0 Å². The first-order valence-corrected chi connectivity index (χ1v) is 4.58. The van der Waals surface area contributed by atoms with Crippen molar-refractivity contribution in [2.45, 2.75) is 18.9 Å². The molecular weight excluding hydrogens is 145 g/mol. The molecule has 0 aromatic carbocycles. The van der Waals surface area contributed by atoms with E-state index in [0.29, 0.717) is 6.42 Å². The van der Waals surface area contributed by atoms with Crippen LogP contribution in [0.1, 0.15) is 12.8 Å². The fourth-order valence-corrected chi connectivity index (χ4v) is 1.05. The fourth-order valence-electron chi connectivity index (χ4n) is 0.447. The average Bonchev–Trinajstić information content (AvgIpc) is 1.63. The van der Waals surface area contributed by atoms with Crippen LogP contribution in [0.3, 0.4) is 0 Å². The third kappa shape index (κ3) is 7.75. The van der Waals surface area contributed by atoms with Crippen molar-refractivity contribution in [2.24, 2.45) is 0 Å². The summed E-state index contributed by atoms with van der Waals surface area (Å²) in [6, 6.07) is -0.557. The molecule has 54 valence electrons. The zero-order chi connectivity index (χ0) is 7.33. The lowest BCUT2D eigenvalue weighted by Crippen LogP contribution is -2.13. The van der Waals surface area contributed by atoms with Gasteiger partial charge < -0.3 is 0 Å². The summed E-state index contributed by atoms with van der Waals surface area (Å²) in [6.45, 7) is 3.33. The van der Waals surface area contributed by atoms with Gasteiger partial charge in [0.05, 0.1) is 0 Å². The second-order valence-electron chi connectivity index (χ2n) is 1.80. The maximum absolute atomic E-state index is 11.5. The number of hydrogen-bond donors (Lipinski definition) is 0. The van der Waals surface area contributed by atoms with E-state index in [1.807, 2.05) is 0 Å². The summed E-state index contributed by atoms with van der Waals surface area (Å²) in [4.78, 5) is 0. The van der Waals surface area contributed by atoms with E-state index in [0.717, 1.165) is 0 Å². The van der Waals surface area contributed by atoms with Gasteiger partial charge in [-0.25, -0.2) is 12.3 Å². The van der Waals surface area contributed by atoms with Crippen molar-refractivity contribution in [2.75, 3.05) is 0 Å². The van der Waals surface area contributed by atoms with Gasteiger partial charge in [0.1, 0.15) is 0 Å². The predicted molar refractivity (Wildman–Crippen MR) is 33.3 cm³/mol. The zero-order valence-electron chi connectivity index (χ0n) is 5.04. The quantitative estimate of drug-likeness (QED) is 0.253. The summed E-state index contributed by atoms with van der Waals surface area (Å²) in [5.41, 5.74) is 0. The van der Waals surface area contributed by atoms with Crippen molar-refractivity contribution in [1.82, 2.24) is 0 Å². The molecular formula is C5H9F3Si. The summed E-state index contributed by atoms with van der Waals surface area (Å²) in [5.74, 6) is 0. The highest BCUT2D eigenvalue weighted by Crippen LogP contribution is 2.17. The molecule has 0 aromatic heterocycles. The maximum Gasteiger partial charge on any atom is 0.616 e. The van der Waals surface area contributed by atoms with Crippen molar-refractivity contribution < 1.29 is 12.3 Å². The SMILES string of the molecule is C=CCCC[Si](F)(F)F. The van der Waals surface area contributed by atoms with Gasteiger partial charge in [-0.2, -0.15) is 0 Å². The Morgan fingerprint density at radius 3 is 2.22 bits per heavy atom. The molecule has 0 rings (SSSR count). The van der Waals surface area contributed by atoms with E-state index in [9.17, 15) is 12.3 Å². The summed E-state index contributed by atoms with van der Waals surface area (Å²) in [7, 11) is -5.24. The van der Waals surface area contributed by atoms with Gasteiger partial charge in [0, 0.05) is 6.04 Å². The molecule has 9 heavy (non-hydrogen) atoms. The normalized spacial score (nSPS) is 11.4. The Bertz CT molecular complexity index is 86.7. The van der Waals surface area contributed by atoms with E-state index < -0.39 is 15.1 Å². The van der Waals surface area contributed by atoms with Gasteiger partial charge in [-0.15, -0.1) is 6.58 Å². The van der Waals surface area contributed by atoms with Gasteiger partial charge in [0.25, 0.3) is 0 Å². The van der Waals surface area contributed by atoms with Crippen molar-refractivity contribution in [3.05, 3.63) is 12.7 Å². The Balaban J connectivity index is 3.17. The maximum atomic E-state index is 11.5. The first-order chi connectivity index (χ1) is 4.06. The lowest BCUT2D eigenvalue weighted by Gasteiger charge is -1.97. The van der Waals surface area contributed by atoms with E-state index in [1.54, 1.807) is 0 Å². The number of allylic oxidation sites excluding steroid dienone is 1. The molecule has 0 aliphatic rings. The van der Waals surface area contributed by atoms with E-state index >= 15 is 0 Å². The minimum absolute atomic E-state index is 0.221. The molecule has 0 atom stereocenters. The standard InChI is InChI=1S/C5H9F3Si/c1-2-3-4-5-9(6,7)8/h2H,1,3-5H2. The minimum atomic E-state index is -5.24. The van der Waals surface area contributed by atoms with Crippen LogP contribution in [0.25, 0.3) is 0 Å². The van der Waals surface area contributed by atoms with Crippen molar-refractivity contribution >= 4 is 9.08 Å². The minimum Gasteiger partial charge on any atom is -0.238 e. The molecule has 0 aromatic rings. The molecule has 0 aliphatic heterocycles. The Morgan fingerprint density at radius 2 is 1.89 bits per heavy atom. The number of rotatable bonds is 4. The molecule has 0 radical (unpaired) electrons. The molecule has 4 heteroatoms. The van der Waals surface area contributed by atoms with Gasteiger partial charge >= 0.3 is 9.08 Å². The molecule has 0 unspecified atom stereocenters. The van der Waals surface area contributed by atoms with Gasteiger partial charge in [0.15, 0.2) is 0 Å². The first kappa shape index (κ1) is 8.75. The Kier molecular flexibility index (Phi) is 3.61. The molecule has 0 spiro atoms. The molecule has 0 amide bonds. The molecule has 0 saturated heterocycles. The summed E-state index contributed by atoms with van der Waals surface area (Å²) >= 11 is 0. The van der Waals surface area contributed by atoms with Gasteiger partial charge in [0.2, 0.25) is 0 Å². The monoisotopic (exact) mass is 154 g/mol. The number of halogens is 3. The Labute approximate surface area is 53.9 Å². The van der Waals surface area contributed by atoms with E-state index in [1.165, 1.54) is 6.08 Å².